The van der Waals surface area contributed by atoms with Gasteiger partial charge < -0.3 is 37.9 Å². The van der Waals surface area contributed by atoms with Crippen molar-refractivity contribution in [2.45, 2.75) is 89.6 Å². The average Bonchev–Trinajstić information content (AvgIpc) is 3.72. The number of ketones is 1. The molecule has 7 aromatic carbocycles. The minimum absolute atomic E-state index is 0.0448. The zero-order valence-corrected chi connectivity index (χ0v) is 40.7. The van der Waals surface area contributed by atoms with Crippen LogP contribution in [-0.2, 0) is 66.2 Å². The first-order valence-electron chi connectivity index (χ1n) is 23.8. The highest BCUT2D eigenvalue weighted by atomic mass is 35.5. The van der Waals surface area contributed by atoms with Crippen molar-refractivity contribution in [1.29, 1.82) is 0 Å². The summed E-state index contributed by atoms with van der Waals surface area (Å²) in [6, 6.07) is 62.4. The highest BCUT2D eigenvalue weighted by molar-refractivity contribution is 6.31. The summed E-state index contributed by atoms with van der Waals surface area (Å²) in [6.07, 6.45) is -4.04. The minimum atomic E-state index is -1.29. The molecule has 5 atom stereocenters. The van der Waals surface area contributed by atoms with Gasteiger partial charge in [-0.2, -0.15) is 0 Å². The normalized spacial score (nSPS) is 17.1. The van der Waals surface area contributed by atoms with Gasteiger partial charge in [-0.25, -0.2) is 0 Å². The quantitative estimate of drug-likeness (QED) is 0.0519. The van der Waals surface area contributed by atoms with Crippen LogP contribution in [0.15, 0.2) is 194 Å². The maximum Gasteiger partial charge on any atom is 0.194 e. The van der Waals surface area contributed by atoms with Crippen LogP contribution in [-0.4, -0.2) is 55.3 Å². The number of benzene rings is 7. The SMILES string of the molecule is CCOc1ccc(C(OCc2ccccc2)c2cc(C(=O)[C@H](OCc3ccccc3)[C@@H](OCc3ccccc3)[C@H](OCc3ccccc3)C3(COCc4ccccc4)COC(C)(C)O3)ccc2Cl)cc1. The molecular weight excluding hydrogens is 900 g/mol. The summed E-state index contributed by atoms with van der Waals surface area (Å²) >= 11 is 7.15. The van der Waals surface area contributed by atoms with Crippen molar-refractivity contribution in [3.05, 3.63) is 244 Å². The molecule has 0 radical (unpaired) electrons. The van der Waals surface area contributed by atoms with E-state index in [2.05, 4.69) is 0 Å². The van der Waals surface area contributed by atoms with Crippen LogP contribution in [0.4, 0.5) is 0 Å². The van der Waals surface area contributed by atoms with Gasteiger partial charge in [-0.15, -0.1) is 0 Å². The lowest BCUT2D eigenvalue weighted by Crippen LogP contribution is -2.61. The van der Waals surface area contributed by atoms with E-state index in [4.69, 9.17) is 49.5 Å². The maximum absolute atomic E-state index is 15.9. The summed E-state index contributed by atoms with van der Waals surface area (Å²) in [7, 11) is 0. The van der Waals surface area contributed by atoms with Crippen molar-refractivity contribution in [2.75, 3.05) is 19.8 Å². The monoisotopic (exact) mass is 960 g/mol. The number of hydrogen-bond acceptors (Lipinski definition) is 9. The molecule has 2 unspecified atom stereocenters. The first-order chi connectivity index (χ1) is 34.2. The Hall–Kier alpha value is -5.98. The van der Waals surface area contributed by atoms with E-state index in [1.165, 1.54) is 0 Å². The Balaban J connectivity index is 1.24. The second kappa shape index (κ2) is 24.7. The molecule has 1 heterocycles. The van der Waals surface area contributed by atoms with Gasteiger partial charge >= 0.3 is 0 Å². The smallest absolute Gasteiger partial charge is 0.194 e. The highest BCUT2D eigenvalue weighted by Crippen LogP contribution is 2.40. The van der Waals surface area contributed by atoms with E-state index < -0.39 is 35.8 Å². The maximum atomic E-state index is 15.9. The zero-order valence-electron chi connectivity index (χ0n) is 40.0. The second-order valence-corrected chi connectivity index (χ2v) is 18.2. The molecule has 0 aliphatic carbocycles. The molecule has 8 rings (SSSR count). The Morgan fingerprint density at radius 3 is 1.57 bits per heavy atom. The van der Waals surface area contributed by atoms with Crippen molar-refractivity contribution in [3.8, 4) is 5.75 Å². The summed E-state index contributed by atoms with van der Waals surface area (Å²) in [4.78, 5) is 15.9. The number of carbonyl (C=O) groups excluding carboxylic acids is 1. The van der Waals surface area contributed by atoms with Crippen LogP contribution in [0.5, 0.6) is 5.75 Å². The largest absolute Gasteiger partial charge is 0.494 e. The molecule has 1 fully saturated rings. The Morgan fingerprint density at radius 2 is 1.07 bits per heavy atom. The van der Waals surface area contributed by atoms with Gasteiger partial charge in [-0.3, -0.25) is 4.79 Å². The van der Waals surface area contributed by atoms with E-state index >= 15 is 4.79 Å². The molecule has 7 aromatic rings. The Bertz CT molecular complexity index is 2650. The third-order valence-corrected chi connectivity index (χ3v) is 12.4. The van der Waals surface area contributed by atoms with Crippen LogP contribution in [0.1, 0.15) is 76.2 Å². The molecule has 1 saturated heterocycles. The van der Waals surface area contributed by atoms with Crippen LogP contribution in [0.2, 0.25) is 5.02 Å². The first-order valence-corrected chi connectivity index (χ1v) is 24.2. The van der Waals surface area contributed by atoms with Crippen LogP contribution >= 0.6 is 11.6 Å². The zero-order chi connectivity index (χ0) is 48.6. The van der Waals surface area contributed by atoms with Gasteiger partial charge in [0.05, 0.1) is 52.9 Å². The molecule has 0 saturated carbocycles. The first kappa shape index (κ1) is 50.4. The fourth-order valence-corrected chi connectivity index (χ4v) is 8.84. The number of halogens is 1. The van der Waals surface area contributed by atoms with Gasteiger partial charge in [0.25, 0.3) is 0 Å². The standard InChI is InChI=1S/C60H61ClO9/c1-4-64-51-33-30-49(31-34-51)55(65-38-45-22-12-6-13-23-45)52-36-50(32-35-53(52)61)54(62)56(66-39-46-24-14-7-15-25-46)57(67-40-47-26-16-8-17-27-47)58(68-41-48-28-18-9-19-29-48)60(43-69-59(2,3)70-60)42-63-37-44-20-10-5-11-21-44/h5-36,55-58H,4,37-43H2,1-3H3/t55?,56-,57+,58-,60?/m0/s1. The summed E-state index contributed by atoms with van der Waals surface area (Å²) in [6.45, 7) is 7.29. The molecule has 10 heteroatoms. The van der Waals surface area contributed by atoms with Crippen molar-refractivity contribution >= 4 is 17.4 Å². The Morgan fingerprint density at radius 1 is 0.586 bits per heavy atom. The molecule has 1 aliphatic rings. The summed E-state index contributed by atoms with van der Waals surface area (Å²) < 4.78 is 53.7. The molecule has 1 aliphatic heterocycles. The molecule has 70 heavy (non-hydrogen) atoms. The van der Waals surface area contributed by atoms with Crippen molar-refractivity contribution < 1.29 is 42.7 Å². The van der Waals surface area contributed by atoms with Crippen LogP contribution < -0.4 is 4.74 Å². The fraction of sp³-hybridized carbons (Fsp3) is 0.283. The van der Waals surface area contributed by atoms with Gasteiger partial charge in [-0.05, 0) is 84.5 Å². The number of Topliss-reactive ketones (excluding diaryl/α,β-unsaturated/α-hetero) is 1. The van der Waals surface area contributed by atoms with Crippen molar-refractivity contribution in [1.82, 2.24) is 0 Å². The minimum Gasteiger partial charge on any atom is -0.494 e. The van der Waals surface area contributed by atoms with Crippen molar-refractivity contribution in [2.24, 2.45) is 0 Å². The van der Waals surface area contributed by atoms with E-state index in [1.807, 2.05) is 197 Å². The van der Waals surface area contributed by atoms with Crippen LogP contribution in [0.25, 0.3) is 0 Å². The Labute approximate surface area is 417 Å². The third kappa shape index (κ3) is 13.7. The lowest BCUT2D eigenvalue weighted by molar-refractivity contribution is -0.244. The topological polar surface area (TPSA) is 90.9 Å². The molecule has 0 aromatic heterocycles. The van der Waals surface area contributed by atoms with Crippen LogP contribution in [0.3, 0.4) is 0 Å². The van der Waals surface area contributed by atoms with Gasteiger partial charge in [0.1, 0.15) is 35.8 Å². The van der Waals surface area contributed by atoms with Gasteiger partial charge in [0.15, 0.2) is 11.6 Å². The highest BCUT2D eigenvalue weighted by Gasteiger charge is 2.57. The second-order valence-electron chi connectivity index (χ2n) is 17.8. The van der Waals surface area contributed by atoms with Crippen LogP contribution in [0, 0.1) is 0 Å². The van der Waals surface area contributed by atoms with Gasteiger partial charge in [-0.1, -0.05) is 175 Å². The summed E-state index contributed by atoms with van der Waals surface area (Å²) in [5.74, 6) is -0.665. The van der Waals surface area contributed by atoms with E-state index in [0.717, 1.165) is 39.1 Å². The molecule has 0 amide bonds. The lowest BCUT2D eigenvalue weighted by atomic mass is 9.87. The Kier molecular flexibility index (Phi) is 17.8. The number of rotatable bonds is 25. The predicted octanol–water partition coefficient (Wildman–Crippen LogP) is 12.7. The van der Waals surface area contributed by atoms with E-state index in [-0.39, 0.29) is 38.8 Å². The number of ether oxygens (including phenoxy) is 8. The average molecular weight is 962 g/mol. The van der Waals surface area contributed by atoms with Gasteiger partial charge in [0, 0.05) is 16.1 Å². The third-order valence-electron chi connectivity index (χ3n) is 12.1. The molecule has 0 spiro atoms. The molecule has 9 nitrogen and oxygen atoms in total. The fourth-order valence-electron chi connectivity index (χ4n) is 8.63. The van der Waals surface area contributed by atoms with E-state index in [1.54, 1.807) is 18.2 Å². The number of hydrogen-bond donors (Lipinski definition) is 0. The summed E-state index contributed by atoms with van der Waals surface area (Å²) in [5.41, 5.74) is 5.13. The van der Waals surface area contributed by atoms with E-state index in [0.29, 0.717) is 36.0 Å². The molecule has 0 N–H and O–H groups in total. The summed E-state index contributed by atoms with van der Waals surface area (Å²) in [5, 5.41) is 0.430. The lowest BCUT2D eigenvalue weighted by Gasteiger charge is -2.42. The van der Waals surface area contributed by atoms with Crippen molar-refractivity contribution in [3.63, 3.8) is 0 Å². The molecule has 0 bridgehead atoms. The molecular formula is C60H61ClO9. The predicted molar refractivity (Wildman–Crippen MR) is 271 cm³/mol. The van der Waals surface area contributed by atoms with E-state index in [9.17, 15) is 0 Å². The van der Waals surface area contributed by atoms with Gasteiger partial charge in [0.2, 0.25) is 0 Å². The number of carbonyl (C=O) groups is 1. The molecule has 362 valence electrons.